The molecule has 0 amide bonds. The molecule has 2 N–H and O–H groups in total. The molecule has 1 aromatic rings. The van der Waals surface area contributed by atoms with Crippen LogP contribution < -0.4 is 10.5 Å². The highest BCUT2D eigenvalue weighted by Crippen LogP contribution is 2.23. The summed E-state index contributed by atoms with van der Waals surface area (Å²) < 4.78 is 5.58. The van der Waals surface area contributed by atoms with E-state index in [1.54, 1.807) is 12.4 Å². The van der Waals surface area contributed by atoms with Crippen LogP contribution in [0.1, 0.15) is 12.8 Å². The number of pyridine rings is 1. The second-order valence-electron chi connectivity index (χ2n) is 3.16. The maximum absolute atomic E-state index is 5.63. The van der Waals surface area contributed by atoms with Crippen molar-refractivity contribution >= 4 is 12.4 Å². The fourth-order valence-corrected chi connectivity index (χ4v) is 1.31. The van der Waals surface area contributed by atoms with E-state index in [-0.39, 0.29) is 12.4 Å². The minimum absolute atomic E-state index is 0. The lowest BCUT2D eigenvalue weighted by atomic mass is 9.90. The molecule has 1 heterocycles. The van der Waals surface area contributed by atoms with Crippen molar-refractivity contribution in [3.05, 3.63) is 24.5 Å². The van der Waals surface area contributed by atoms with E-state index >= 15 is 0 Å². The lowest BCUT2D eigenvalue weighted by Gasteiger charge is -2.32. The Morgan fingerprint density at radius 3 is 2.77 bits per heavy atom. The third-order valence-corrected chi connectivity index (χ3v) is 2.07. The monoisotopic (exact) mass is 200 g/mol. The number of aromatic nitrogens is 1. The quantitative estimate of drug-likeness (QED) is 0.785. The number of ether oxygens (including phenoxy) is 1. The molecule has 0 aliphatic heterocycles. The Hall–Kier alpha value is -0.800. The first-order chi connectivity index (χ1) is 5.84. The summed E-state index contributed by atoms with van der Waals surface area (Å²) in [5.41, 5.74) is 5.63. The van der Waals surface area contributed by atoms with Gasteiger partial charge in [-0.2, -0.15) is 0 Å². The minimum atomic E-state index is 0. The van der Waals surface area contributed by atoms with Gasteiger partial charge < -0.3 is 10.5 Å². The van der Waals surface area contributed by atoms with E-state index in [2.05, 4.69) is 4.98 Å². The zero-order chi connectivity index (χ0) is 8.39. The van der Waals surface area contributed by atoms with Crippen LogP contribution in [0.2, 0.25) is 0 Å². The van der Waals surface area contributed by atoms with Gasteiger partial charge in [-0.15, -0.1) is 12.4 Å². The molecule has 1 fully saturated rings. The van der Waals surface area contributed by atoms with E-state index in [4.69, 9.17) is 10.5 Å². The summed E-state index contributed by atoms with van der Waals surface area (Å²) in [6, 6.07) is 4.12. The molecule has 4 heteroatoms. The van der Waals surface area contributed by atoms with Crippen molar-refractivity contribution in [3.8, 4) is 5.75 Å². The van der Waals surface area contributed by atoms with Crippen LogP contribution in [-0.2, 0) is 0 Å². The average molecular weight is 201 g/mol. The third kappa shape index (κ3) is 2.57. The van der Waals surface area contributed by atoms with Gasteiger partial charge in [0.2, 0.25) is 0 Å². The van der Waals surface area contributed by atoms with Gasteiger partial charge in [0.25, 0.3) is 0 Å². The van der Waals surface area contributed by atoms with Crippen molar-refractivity contribution in [3.63, 3.8) is 0 Å². The molecular weight excluding hydrogens is 188 g/mol. The summed E-state index contributed by atoms with van der Waals surface area (Å²) in [5, 5.41) is 0. The second-order valence-corrected chi connectivity index (χ2v) is 3.16. The van der Waals surface area contributed by atoms with Crippen LogP contribution in [0, 0.1) is 0 Å². The normalized spacial score (nSPS) is 25.6. The van der Waals surface area contributed by atoms with Gasteiger partial charge in [-0.1, -0.05) is 0 Å². The molecular formula is C9H13ClN2O. The minimum Gasteiger partial charge on any atom is -0.489 e. The highest BCUT2D eigenvalue weighted by molar-refractivity contribution is 5.85. The standard InChI is InChI=1S/C9H12N2O.ClH/c10-7-4-9(5-7)12-8-2-1-3-11-6-8;/h1-3,6-7,9H,4-5,10H2;1H. The average Bonchev–Trinajstić information content (AvgIpc) is 2.04. The molecule has 3 nitrogen and oxygen atoms in total. The second kappa shape index (κ2) is 4.44. The van der Waals surface area contributed by atoms with Crippen LogP contribution in [0.25, 0.3) is 0 Å². The van der Waals surface area contributed by atoms with Gasteiger partial charge in [0.15, 0.2) is 0 Å². The van der Waals surface area contributed by atoms with Gasteiger partial charge in [-0.3, -0.25) is 4.98 Å². The summed E-state index contributed by atoms with van der Waals surface area (Å²) in [6.07, 6.45) is 5.71. The molecule has 0 bridgehead atoms. The Labute approximate surface area is 83.7 Å². The first kappa shape index (κ1) is 10.3. The molecule has 72 valence electrons. The Kier molecular flexibility index (Phi) is 3.51. The number of halogens is 1. The summed E-state index contributed by atoms with van der Waals surface area (Å²) in [5.74, 6) is 0.842. The number of hydrogen-bond acceptors (Lipinski definition) is 3. The van der Waals surface area contributed by atoms with Crippen molar-refractivity contribution in [2.45, 2.75) is 25.0 Å². The largest absolute Gasteiger partial charge is 0.489 e. The Bertz CT molecular complexity index is 249. The van der Waals surface area contributed by atoms with Crippen molar-refractivity contribution in [1.29, 1.82) is 0 Å². The van der Waals surface area contributed by atoms with Gasteiger partial charge in [-0.25, -0.2) is 0 Å². The molecule has 1 aliphatic carbocycles. The van der Waals surface area contributed by atoms with Gasteiger partial charge in [-0.05, 0) is 25.0 Å². The topological polar surface area (TPSA) is 48.1 Å². The fraction of sp³-hybridized carbons (Fsp3) is 0.444. The van der Waals surface area contributed by atoms with Gasteiger partial charge in [0, 0.05) is 12.2 Å². The van der Waals surface area contributed by atoms with Crippen LogP contribution in [0.5, 0.6) is 5.75 Å². The Balaban J connectivity index is 0.000000845. The summed E-state index contributed by atoms with van der Waals surface area (Å²) in [7, 11) is 0. The molecule has 1 aliphatic rings. The summed E-state index contributed by atoms with van der Waals surface area (Å²) in [6.45, 7) is 0. The summed E-state index contributed by atoms with van der Waals surface area (Å²) in [4.78, 5) is 3.96. The van der Waals surface area contributed by atoms with Crippen LogP contribution in [0.15, 0.2) is 24.5 Å². The van der Waals surface area contributed by atoms with Crippen LogP contribution in [-0.4, -0.2) is 17.1 Å². The molecule has 0 atom stereocenters. The smallest absolute Gasteiger partial charge is 0.137 e. The van der Waals surface area contributed by atoms with Crippen molar-refractivity contribution in [1.82, 2.24) is 4.98 Å². The van der Waals surface area contributed by atoms with Crippen molar-refractivity contribution in [2.75, 3.05) is 0 Å². The number of nitrogens with zero attached hydrogens (tertiary/aromatic N) is 1. The predicted molar refractivity (Wildman–Crippen MR) is 53.1 cm³/mol. The van der Waals surface area contributed by atoms with Gasteiger partial charge in [0.05, 0.1) is 6.20 Å². The third-order valence-electron chi connectivity index (χ3n) is 2.07. The van der Waals surface area contributed by atoms with Crippen molar-refractivity contribution < 1.29 is 4.74 Å². The van der Waals surface area contributed by atoms with E-state index in [1.807, 2.05) is 12.1 Å². The maximum Gasteiger partial charge on any atom is 0.137 e. The lowest BCUT2D eigenvalue weighted by Crippen LogP contribution is -2.43. The van der Waals surface area contributed by atoms with E-state index in [1.165, 1.54) is 0 Å². The molecule has 0 spiro atoms. The van der Waals surface area contributed by atoms with Crippen LogP contribution >= 0.6 is 12.4 Å². The molecule has 2 rings (SSSR count). The molecule has 1 saturated carbocycles. The van der Waals surface area contributed by atoms with E-state index in [0.717, 1.165) is 18.6 Å². The van der Waals surface area contributed by atoms with Crippen LogP contribution in [0.3, 0.4) is 0 Å². The maximum atomic E-state index is 5.63. The van der Waals surface area contributed by atoms with E-state index in [0.29, 0.717) is 12.1 Å². The zero-order valence-electron chi connectivity index (χ0n) is 7.22. The van der Waals surface area contributed by atoms with Crippen molar-refractivity contribution in [2.24, 2.45) is 5.73 Å². The molecule has 13 heavy (non-hydrogen) atoms. The number of rotatable bonds is 2. The number of nitrogens with two attached hydrogens (primary N) is 1. The first-order valence-electron chi connectivity index (χ1n) is 4.17. The number of hydrogen-bond donors (Lipinski definition) is 1. The summed E-state index contributed by atoms with van der Waals surface area (Å²) >= 11 is 0. The molecule has 0 aromatic carbocycles. The highest BCUT2D eigenvalue weighted by atomic mass is 35.5. The van der Waals surface area contributed by atoms with Gasteiger partial charge >= 0.3 is 0 Å². The molecule has 0 radical (unpaired) electrons. The molecule has 0 saturated heterocycles. The first-order valence-corrected chi connectivity index (χ1v) is 4.17. The van der Waals surface area contributed by atoms with E-state index < -0.39 is 0 Å². The fourth-order valence-electron chi connectivity index (χ4n) is 1.31. The molecule has 1 aromatic heterocycles. The van der Waals surface area contributed by atoms with Crippen LogP contribution in [0.4, 0.5) is 0 Å². The zero-order valence-corrected chi connectivity index (χ0v) is 8.04. The Morgan fingerprint density at radius 1 is 1.46 bits per heavy atom. The lowest BCUT2D eigenvalue weighted by molar-refractivity contribution is 0.100. The SMILES string of the molecule is Cl.NC1CC(Oc2cccnc2)C1. The highest BCUT2D eigenvalue weighted by Gasteiger charge is 2.27. The van der Waals surface area contributed by atoms with E-state index in [9.17, 15) is 0 Å². The predicted octanol–water partition coefficient (Wildman–Crippen LogP) is 1.37. The Morgan fingerprint density at radius 2 is 2.23 bits per heavy atom. The molecule has 0 unspecified atom stereocenters. The van der Waals surface area contributed by atoms with Gasteiger partial charge in [0.1, 0.15) is 11.9 Å².